The van der Waals surface area contributed by atoms with Crippen molar-refractivity contribution in [2.45, 2.75) is 117 Å². The number of benzene rings is 3. The zero-order chi connectivity index (χ0) is 36.9. The lowest BCUT2D eigenvalue weighted by atomic mass is 9.65. The zero-order valence-electron chi connectivity index (χ0n) is 31.8. The van der Waals surface area contributed by atoms with Crippen molar-refractivity contribution in [1.29, 1.82) is 0 Å². The summed E-state index contributed by atoms with van der Waals surface area (Å²) in [6, 6.07) is 25.4. The first-order chi connectivity index (χ1) is 24.9. The molecule has 2 unspecified atom stereocenters. The summed E-state index contributed by atoms with van der Waals surface area (Å²) >= 11 is 0. The van der Waals surface area contributed by atoms with Crippen LogP contribution in [0.3, 0.4) is 0 Å². The van der Waals surface area contributed by atoms with Gasteiger partial charge in [-0.2, -0.15) is 0 Å². The molecule has 280 valence electrons. The van der Waals surface area contributed by atoms with E-state index in [1.807, 2.05) is 24.3 Å². The number of unbranched alkanes of at least 4 members (excludes halogenated alkanes) is 2. The Bertz CT molecular complexity index is 1660. The maximum atomic E-state index is 12.6. The monoisotopic (exact) mass is 709 g/mol. The predicted molar refractivity (Wildman–Crippen MR) is 205 cm³/mol. The summed E-state index contributed by atoms with van der Waals surface area (Å²) in [5.74, 6) is 0.159. The Balaban J connectivity index is 1.14. The van der Waals surface area contributed by atoms with Crippen molar-refractivity contribution < 1.29 is 24.2 Å². The molecule has 6 atom stereocenters. The van der Waals surface area contributed by atoms with Crippen LogP contribution in [0.4, 0.5) is 0 Å². The third-order valence-electron chi connectivity index (χ3n) is 11.5. The normalized spacial score (nSPS) is 26.9. The van der Waals surface area contributed by atoms with Crippen LogP contribution in [0.25, 0.3) is 11.1 Å². The number of carbonyl (C=O) groups is 2. The van der Waals surface area contributed by atoms with Crippen LogP contribution in [0.1, 0.15) is 114 Å². The third-order valence-corrected chi connectivity index (χ3v) is 11.5. The van der Waals surface area contributed by atoms with E-state index in [0.29, 0.717) is 36.4 Å². The van der Waals surface area contributed by atoms with Crippen LogP contribution in [-0.2, 0) is 32.2 Å². The molecule has 8 heteroatoms. The van der Waals surface area contributed by atoms with E-state index >= 15 is 0 Å². The van der Waals surface area contributed by atoms with Crippen LogP contribution in [0.2, 0.25) is 0 Å². The fraction of sp³-hybridized carbons (Fsp3) is 0.545. The van der Waals surface area contributed by atoms with E-state index in [4.69, 9.17) is 9.47 Å². The van der Waals surface area contributed by atoms with Crippen LogP contribution < -0.4 is 10.6 Å². The standard InChI is InChI=1S/C44H59N3O5/c1-30-39(26-47-29-44(5)24-37(47)23-43(3,4)28-44)51-42(52-41(30)34-16-14-32(27-48)15-17-34)35-20-18-33(19-21-35)38-12-9-8-11-36(38)25-46-40(50)13-7-6-10-22-45-31(2)49/h8-9,11-12,14-21,30,37,39,41-42,48H,6-7,10,13,22-29H2,1-5H3,(H,45,49)(H,46,50)/t30-,37?,39+,41+,42+,44?/m1/s1. The molecule has 2 heterocycles. The van der Waals surface area contributed by atoms with Gasteiger partial charge in [-0.05, 0) is 70.8 Å². The quantitative estimate of drug-likeness (QED) is 0.148. The summed E-state index contributed by atoms with van der Waals surface area (Å²) in [6.45, 7) is 14.2. The Morgan fingerprint density at radius 1 is 0.885 bits per heavy atom. The molecule has 2 aliphatic heterocycles. The molecule has 2 amide bonds. The second-order valence-corrected chi connectivity index (χ2v) is 16.8. The lowest BCUT2D eigenvalue weighted by Gasteiger charge is -2.43. The highest BCUT2D eigenvalue weighted by atomic mass is 16.7. The van der Waals surface area contributed by atoms with Gasteiger partial charge >= 0.3 is 0 Å². The van der Waals surface area contributed by atoms with E-state index < -0.39 is 6.29 Å². The van der Waals surface area contributed by atoms with Crippen LogP contribution in [0.15, 0.2) is 72.8 Å². The van der Waals surface area contributed by atoms with Crippen molar-refractivity contribution in [3.05, 3.63) is 95.1 Å². The smallest absolute Gasteiger partial charge is 0.220 e. The summed E-state index contributed by atoms with van der Waals surface area (Å²) in [4.78, 5) is 26.4. The van der Waals surface area contributed by atoms with Gasteiger partial charge < -0.3 is 25.2 Å². The molecule has 2 bridgehead atoms. The first kappa shape index (κ1) is 38.2. The molecular formula is C44H59N3O5. The molecule has 3 N–H and O–H groups in total. The summed E-state index contributed by atoms with van der Waals surface area (Å²) in [6.07, 6.45) is 6.13. The second-order valence-electron chi connectivity index (χ2n) is 16.8. The molecule has 6 rings (SSSR count). The minimum Gasteiger partial charge on any atom is -0.392 e. The van der Waals surface area contributed by atoms with Crippen molar-refractivity contribution in [3.63, 3.8) is 0 Å². The number of aliphatic hydroxyl groups is 1. The zero-order valence-corrected chi connectivity index (χ0v) is 31.8. The summed E-state index contributed by atoms with van der Waals surface area (Å²) in [7, 11) is 0. The number of nitrogens with one attached hydrogen (secondary N) is 2. The van der Waals surface area contributed by atoms with Gasteiger partial charge in [-0.15, -0.1) is 0 Å². The van der Waals surface area contributed by atoms with E-state index in [9.17, 15) is 14.7 Å². The number of fused-ring (bicyclic) bond motifs is 2. The summed E-state index contributed by atoms with van der Waals surface area (Å²) < 4.78 is 13.7. The summed E-state index contributed by atoms with van der Waals surface area (Å²) in [5, 5.41) is 15.6. The number of hydrogen-bond donors (Lipinski definition) is 3. The van der Waals surface area contributed by atoms with Crippen LogP contribution in [-0.4, -0.2) is 53.6 Å². The van der Waals surface area contributed by atoms with E-state index in [1.54, 1.807) is 0 Å². The van der Waals surface area contributed by atoms with Crippen molar-refractivity contribution >= 4 is 11.8 Å². The van der Waals surface area contributed by atoms with Gasteiger partial charge in [0.05, 0.1) is 18.8 Å². The molecule has 0 spiro atoms. The maximum absolute atomic E-state index is 12.6. The number of carbonyl (C=O) groups excluding carboxylic acids is 2. The topological polar surface area (TPSA) is 100 Å². The molecule has 3 fully saturated rings. The molecule has 8 nitrogen and oxygen atoms in total. The number of likely N-dealkylation sites (tertiary alicyclic amines) is 1. The number of nitrogens with zero attached hydrogens (tertiary/aromatic N) is 1. The molecule has 3 aromatic carbocycles. The van der Waals surface area contributed by atoms with Gasteiger partial charge in [0.15, 0.2) is 6.29 Å². The van der Waals surface area contributed by atoms with Gasteiger partial charge in [0.1, 0.15) is 0 Å². The Morgan fingerprint density at radius 3 is 2.35 bits per heavy atom. The lowest BCUT2D eigenvalue weighted by Crippen LogP contribution is -2.46. The molecule has 3 aliphatic rings. The van der Waals surface area contributed by atoms with Gasteiger partial charge in [-0.25, -0.2) is 0 Å². The number of aliphatic hydroxyl groups excluding tert-OH is 1. The van der Waals surface area contributed by atoms with Crippen LogP contribution in [0.5, 0.6) is 0 Å². The predicted octanol–water partition coefficient (Wildman–Crippen LogP) is 7.85. The highest BCUT2D eigenvalue weighted by molar-refractivity contribution is 5.76. The molecule has 2 saturated heterocycles. The van der Waals surface area contributed by atoms with Gasteiger partial charge in [0.25, 0.3) is 0 Å². The van der Waals surface area contributed by atoms with E-state index in [-0.39, 0.29) is 36.5 Å². The van der Waals surface area contributed by atoms with Crippen LogP contribution >= 0.6 is 0 Å². The molecule has 3 aromatic rings. The second kappa shape index (κ2) is 16.6. The molecular weight excluding hydrogens is 651 g/mol. The van der Waals surface area contributed by atoms with Crippen molar-refractivity contribution in [3.8, 4) is 11.1 Å². The number of ether oxygens (including phenoxy) is 2. The molecule has 1 aliphatic carbocycles. The fourth-order valence-electron chi connectivity index (χ4n) is 9.26. The van der Waals surface area contributed by atoms with Crippen LogP contribution in [0, 0.1) is 16.7 Å². The number of rotatable bonds is 14. The Hall–Kier alpha value is -3.56. The molecule has 52 heavy (non-hydrogen) atoms. The third kappa shape index (κ3) is 9.51. The number of hydrogen-bond acceptors (Lipinski definition) is 6. The maximum Gasteiger partial charge on any atom is 0.220 e. The van der Waals surface area contributed by atoms with Gasteiger partial charge in [-0.3, -0.25) is 14.5 Å². The lowest BCUT2D eigenvalue weighted by molar-refractivity contribution is -0.276. The highest BCUT2D eigenvalue weighted by Crippen LogP contribution is 2.53. The largest absolute Gasteiger partial charge is 0.392 e. The van der Waals surface area contributed by atoms with Gasteiger partial charge in [0, 0.05) is 57.0 Å². The summed E-state index contributed by atoms with van der Waals surface area (Å²) in [5.41, 5.74) is 6.91. The molecule has 0 aromatic heterocycles. The minimum atomic E-state index is -0.514. The Labute approximate surface area is 310 Å². The van der Waals surface area contributed by atoms with Crippen molar-refractivity contribution in [1.82, 2.24) is 15.5 Å². The van der Waals surface area contributed by atoms with Crippen molar-refractivity contribution in [2.75, 3.05) is 19.6 Å². The fourth-order valence-corrected chi connectivity index (χ4v) is 9.26. The Morgan fingerprint density at radius 2 is 1.62 bits per heavy atom. The molecule has 1 saturated carbocycles. The van der Waals surface area contributed by atoms with E-state index in [0.717, 1.165) is 65.7 Å². The number of amides is 2. The van der Waals surface area contributed by atoms with Crippen molar-refractivity contribution in [2.24, 2.45) is 16.7 Å². The first-order valence-electron chi connectivity index (χ1n) is 19.4. The minimum absolute atomic E-state index is 0.00597. The van der Waals surface area contributed by atoms with E-state index in [1.165, 1.54) is 26.2 Å². The molecule has 0 radical (unpaired) electrons. The average Bonchev–Trinajstić information content (AvgIpc) is 3.36. The van der Waals surface area contributed by atoms with E-state index in [2.05, 4.69) is 91.8 Å². The van der Waals surface area contributed by atoms with Gasteiger partial charge in [-0.1, -0.05) is 107 Å². The average molecular weight is 710 g/mol. The Kier molecular flexibility index (Phi) is 12.2. The van der Waals surface area contributed by atoms with Gasteiger partial charge in [0.2, 0.25) is 11.8 Å². The SMILES string of the molecule is CC(=O)NCCCCCC(=O)NCc1ccccc1-c1ccc([C@H]2O[C@@H](CN3CC4(C)CC3CC(C)(C)C4)[C@@H](C)[C@@H](c3ccc(CO)cc3)O2)cc1. The highest BCUT2D eigenvalue weighted by Gasteiger charge is 2.51. The first-order valence-corrected chi connectivity index (χ1v) is 19.4.